The highest BCUT2D eigenvalue weighted by atomic mass is 16.5. The summed E-state index contributed by atoms with van der Waals surface area (Å²) in [6, 6.07) is 18.2. The summed E-state index contributed by atoms with van der Waals surface area (Å²) in [6.07, 6.45) is 2.03. The van der Waals surface area contributed by atoms with E-state index in [1.54, 1.807) is 0 Å². The molecule has 4 nitrogen and oxygen atoms in total. The van der Waals surface area contributed by atoms with E-state index < -0.39 is 0 Å². The maximum atomic E-state index is 13.0. The van der Waals surface area contributed by atoms with Gasteiger partial charge in [0.2, 0.25) is 0 Å². The van der Waals surface area contributed by atoms with Crippen LogP contribution in [0.5, 0.6) is 5.75 Å². The minimum absolute atomic E-state index is 0.0765. The number of carbonyl (C=O) groups excluding carboxylic acids is 1. The zero-order chi connectivity index (χ0) is 17.2. The summed E-state index contributed by atoms with van der Waals surface area (Å²) < 4.78 is 5.52. The van der Waals surface area contributed by atoms with E-state index in [-0.39, 0.29) is 11.9 Å². The Balaban J connectivity index is 1.58. The van der Waals surface area contributed by atoms with Crippen LogP contribution < -0.4 is 4.74 Å². The molecule has 0 unspecified atom stereocenters. The number of aromatic amines is 1. The molecule has 0 bridgehead atoms. The van der Waals surface area contributed by atoms with Gasteiger partial charge in [0.05, 0.1) is 12.6 Å². The lowest BCUT2D eigenvalue weighted by Gasteiger charge is -2.24. The first-order valence-corrected chi connectivity index (χ1v) is 8.88. The van der Waals surface area contributed by atoms with E-state index in [1.165, 1.54) is 5.56 Å². The number of H-pyrrole nitrogens is 1. The molecule has 1 amide bonds. The Labute approximate surface area is 147 Å². The van der Waals surface area contributed by atoms with E-state index in [0.29, 0.717) is 12.3 Å². The summed E-state index contributed by atoms with van der Waals surface area (Å²) >= 11 is 0. The van der Waals surface area contributed by atoms with Crippen molar-refractivity contribution in [3.05, 3.63) is 65.9 Å². The van der Waals surface area contributed by atoms with Gasteiger partial charge < -0.3 is 14.6 Å². The minimum Gasteiger partial charge on any atom is -0.494 e. The van der Waals surface area contributed by atoms with Crippen LogP contribution in [0.15, 0.2) is 54.6 Å². The van der Waals surface area contributed by atoms with Gasteiger partial charge in [0.15, 0.2) is 0 Å². The molecule has 3 aromatic rings. The predicted molar refractivity (Wildman–Crippen MR) is 98.9 cm³/mol. The second-order valence-electron chi connectivity index (χ2n) is 6.43. The smallest absolute Gasteiger partial charge is 0.270 e. The topological polar surface area (TPSA) is 45.3 Å². The second-order valence-corrected chi connectivity index (χ2v) is 6.43. The first-order chi connectivity index (χ1) is 12.3. The van der Waals surface area contributed by atoms with Crippen molar-refractivity contribution in [2.75, 3.05) is 13.2 Å². The van der Waals surface area contributed by atoms with Crippen LogP contribution in [0.4, 0.5) is 0 Å². The van der Waals surface area contributed by atoms with Crippen molar-refractivity contribution in [3.8, 4) is 5.75 Å². The molecule has 4 heteroatoms. The number of carbonyl (C=O) groups is 1. The van der Waals surface area contributed by atoms with Crippen LogP contribution in [-0.2, 0) is 0 Å². The van der Waals surface area contributed by atoms with Crippen molar-refractivity contribution in [2.45, 2.75) is 25.8 Å². The number of aromatic nitrogens is 1. The fourth-order valence-corrected chi connectivity index (χ4v) is 3.65. The number of benzene rings is 2. The molecule has 0 saturated carbocycles. The summed E-state index contributed by atoms with van der Waals surface area (Å²) in [4.78, 5) is 18.3. The summed E-state index contributed by atoms with van der Waals surface area (Å²) in [7, 11) is 0. The molecule has 2 heterocycles. The lowest BCUT2D eigenvalue weighted by molar-refractivity contribution is 0.0730. The molecule has 1 fully saturated rings. The number of rotatable bonds is 4. The third-order valence-corrected chi connectivity index (χ3v) is 4.85. The van der Waals surface area contributed by atoms with Gasteiger partial charge in [0, 0.05) is 17.4 Å². The molecule has 0 spiro atoms. The number of nitrogens with one attached hydrogen (secondary N) is 1. The van der Waals surface area contributed by atoms with E-state index in [4.69, 9.17) is 4.74 Å². The summed E-state index contributed by atoms with van der Waals surface area (Å²) in [6.45, 7) is 3.44. The number of hydrogen-bond acceptors (Lipinski definition) is 2. The number of ether oxygens (including phenoxy) is 1. The number of para-hydroxylation sites is 1. The minimum atomic E-state index is 0.0765. The van der Waals surface area contributed by atoms with Crippen molar-refractivity contribution in [2.24, 2.45) is 0 Å². The van der Waals surface area contributed by atoms with Crippen molar-refractivity contribution < 1.29 is 9.53 Å². The predicted octanol–water partition coefficient (Wildman–Crippen LogP) is 4.54. The van der Waals surface area contributed by atoms with E-state index in [9.17, 15) is 4.79 Å². The molecular formula is C21H22N2O2. The number of fused-ring (bicyclic) bond motifs is 1. The molecule has 1 saturated heterocycles. The quantitative estimate of drug-likeness (QED) is 0.761. The first-order valence-electron chi connectivity index (χ1n) is 8.88. The molecule has 1 atom stereocenters. The molecule has 1 aliphatic heterocycles. The lowest BCUT2D eigenvalue weighted by atomic mass is 10.0. The van der Waals surface area contributed by atoms with Crippen molar-refractivity contribution in [3.63, 3.8) is 0 Å². The van der Waals surface area contributed by atoms with Gasteiger partial charge in [0.1, 0.15) is 11.4 Å². The van der Waals surface area contributed by atoms with Crippen LogP contribution in [0, 0.1) is 0 Å². The Morgan fingerprint density at radius 1 is 1.20 bits per heavy atom. The maximum Gasteiger partial charge on any atom is 0.270 e. The van der Waals surface area contributed by atoms with Crippen LogP contribution in [0.25, 0.3) is 10.9 Å². The summed E-state index contributed by atoms with van der Waals surface area (Å²) in [5.74, 6) is 0.949. The van der Waals surface area contributed by atoms with Gasteiger partial charge in [-0.15, -0.1) is 0 Å². The average molecular weight is 334 g/mol. The van der Waals surface area contributed by atoms with Crippen LogP contribution in [0.3, 0.4) is 0 Å². The molecule has 128 valence electrons. The summed E-state index contributed by atoms with van der Waals surface area (Å²) in [5, 5.41) is 1.07. The molecule has 0 aliphatic carbocycles. The highest BCUT2D eigenvalue weighted by molar-refractivity contribution is 5.98. The maximum absolute atomic E-state index is 13.0. The molecule has 1 aliphatic rings. The van der Waals surface area contributed by atoms with Gasteiger partial charge in [-0.1, -0.05) is 30.3 Å². The standard InChI is InChI=1S/C21H22N2O2/c1-2-25-17-11-9-15(10-12-17)20-8-5-13-23(20)21(24)19-14-16-6-3-4-7-18(16)22-19/h3-4,6-7,9-12,14,20,22H,2,5,8,13H2,1H3/t20-/m1/s1. The van der Waals surface area contributed by atoms with Crippen molar-refractivity contribution in [1.29, 1.82) is 0 Å². The van der Waals surface area contributed by atoms with Gasteiger partial charge in [0.25, 0.3) is 5.91 Å². The monoisotopic (exact) mass is 334 g/mol. The Bertz CT molecular complexity index is 849. The fourth-order valence-electron chi connectivity index (χ4n) is 3.65. The zero-order valence-electron chi connectivity index (χ0n) is 14.4. The molecule has 1 N–H and O–H groups in total. The van der Waals surface area contributed by atoms with Crippen molar-refractivity contribution in [1.82, 2.24) is 9.88 Å². The molecule has 1 aromatic heterocycles. The van der Waals surface area contributed by atoms with E-state index in [2.05, 4.69) is 17.1 Å². The van der Waals surface area contributed by atoms with Crippen LogP contribution in [0.2, 0.25) is 0 Å². The van der Waals surface area contributed by atoms with Gasteiger partial charge in [-0.2, -0.15) is 0 Å². The molecule has 2 aromatic carbocycles. The Hall–Kier alpha value is -2.75. The third kappa shape index (κ3) is 3.00. The van der Waals surface area contributed by atoms with Gasteiger partial charge >= 0.3 is 0 Å². The average Bonchev–Trinajstić information content (AvgIpc) is 3.29. The highest BCUT2D eigenvalue weighted by Gasteiger charge is 2.31. The first kappa shape index (κ1) is 15.8. The van der Waals surface area contributed by atoms with E-state index >= 15 is 0 Å². The Morgan fingerprint density at radius 2 is 2.00 bits per heavy atom. The van der Waals surface area contributed by atoms with Crippen LogP contribution in [0.1, 0.15) is 41.9 Å². The third-order valence-electron chi connectivity index (χ3n) is 4.85. The fraction of sp³-hybridized carbons (Fsp3) is 0.286. The van der Waals surface area contributed by atoms with Gasteiger partial charge in [-0.3, -0.25) is 4.79 Å². The molecule has 0 radical (unpaired) electrons. The molecule has 4 rings (SSSR count). The van der Waals surface area contributed by atoms with E-state index in [1.807, 2.05) is 54.3 Å². The lowest BCUT2D eigenvalue weighted by Crippen LogP contribution is -2.30. The number of nitrogens with zero attached hydrogens (tertiary/aromatic N) is 1. The van der Waals surface area contributed by atoms with Crippen molar-refractivity contribution >= 4 is 16.8 Å². The Morgan fingerprint density at radius 3 is 2.76 bits per heavy atom. The zero-order valence-corrected chi connectivity index (χ0v) is 14.4. The van der Waals surface area contributed by atoms with Crippen LogP contribution >= 0.6 is 0 Å². The molecule has 25 heavy (non-hydrogen) atoms. The largest absolute Gasteiger partial charge is 0.494 e. The highest BCUT2D eigenvalue weighted by Crippen LogP contribution is 2.34. The number of hydrogen-bond donors (Lipinski definition) is 1. The summed E-state index contributed by atoms with van der Waals surface area (Å²) in [5.41, 5.74) is 2.84. The van der Waals surface area contributed by atoms with Gasteiger partial charge in [-0.05, 0) is 49.6 Å². The number of likely N-dealkylation sites (tertiary alicyclic amines) is 1. The second kappa shape index (κ2) is 6.63. The Kier molecular flexibility index (Phi) is 4.18. The number of amides is 1. The normalized spacial score (nSPS) is 17.2. The SMILES string of the molecule is CCOc1ccc([C@H]2CCCN2C(=O)c2cc3ccccc3[nH]2)cc1. The molecular weight excluding hydrogens is 312 g/mol. The van der Waals surface area contributed by atoms with Crippen LogP contribution in [-0.4, -0.2) is 28.9 Å². The van der Waals surface area contributed by atoms with Gasteiger partial charge in [-0.25, -0.2) is 0 Å². The van der Waals surface area contributed by atoms with E-state index in [0.717, 1.165) is 36.0 Å².